The molecule has 7 aromatic carbocycles. The lowest BCUT2D eigenvalue weighted by Gasteiger charge is -2.43. The van der Waals surface area contributed by atoms with Crippen LogP contribution in [-0.2, 0) is 34.5 Å². The van der Waals surface area contributed by atoms with Crippen molar-refractivity contribution in [2.24, 2.45) is 0 Å². The fourth-order valence-corrected chi connectivity index (χ4v) is 10.2. The molecule has 0 amide bonds. The Hall–Kier alpha value is -7.46. The summed E-state index contributed by atoms with van der Waals surface area (Å²) in [6.07, 6.45) is -4.29. The van der Waals surface area contributed by atoms with Gasteiger partial charge < -0.3 is 37.7 Å². The van der Waals surface area contributed by atoms with Crippen molar-refractivity contribution in [2.75, 3.05) is 35.0 Å². The van der Waals surface area contributed by atoms with Crippen LogP contribution in [-0.4, -0.2) is 67.8 Å². The Balaban J connectivity index is 1.33. The first kappa shape index (κ1) is 51.4. The molecule has 8 aromatic rings. The third-order valence-electron chi connectivity index (χ3n) is 12.8. The molecule has 1 fully saturated rings. The maximum Gasteiger partial charge on any atom is 0.527 e. The highest BCUT2D eigenvalue weighted by atomic mass is 35.5. The molecule has 5 atom stereocenters. The standard InChI is InChI=1S/C57H52ClN2O13P/c1-65-45-25-15-40(16-26-45)56(38-11-7-5-8-12-38,41-17-27-46(66-2)28-18-41)71-52-50(37-69-74(63,64)73-49-33-23-44(58)24-34-49)70-54(60-36-35-51(61)59-55(60)62)53(52)72-57(39-13-9-6-10-14-39,42-19-29-47(67-3)30-20-42)43-21-31-48(68-4)32-22-43/h5-36,50,52-54H,37H2,1-4H3,(H,63,64)(H,59,61,62)/t50-,52-,53-,54-/m1/s1. The van der Waals surface area contributed by atoms with Gasteiger partial charge in [0.15, 0.2) is 6.23 Å². The Labute approximate surface area is 431 Å². The molecule has 9 rings (SSSR count). The summed E-state index contributed by atoms with van der Waals surface area (Å²) in [6.45, 7) is -0.667. The van der Waals surface area contributed by atoms with E-state index in [1.807, 2.05) is 158 Å². The number of hydrogen-bond acceptors (Lipinski definition) is 12. The normalized spacial score (nSPS) is 17.5. The van der Waals surface area contributed by atoms with E-state index in [1.165, 1.54) is 41.1 Å². The third-order valence-corrected chi connectivity index (χ3v) is 14.0. The molecule has 2 heterocycles. The zero-order chi connectivity index (χ0) is 51.9. The van der Waals surface area contributed by atoms with Gasteiger partial charge in [0.25, 0.3) is 5.56 Å². The molecule has 0 aliphatic carbocycles. The van der Waals surface area contributed by atoms with Gasteiger partial charge in [0.1, 0.15) is 58.3 Å². The minimum atomic E-state index is -4.97. The molecule has 0 radical (unpaired) electrons. The van der Waals surface area contributed by atoms with Crippen molar-refractivity contribution >= 4 is 19.4 Å². The average molecular weight is 1040 g/mol. The van der Waals surface area contributed by atoms with Crippen LogP contribution < -0.4 is 34.7 Å². The van der Waals surface area contributed by atoms with Crippen LogP contribution in [0.1, 0.15) is 39.6 Å². The number of methoxy groups -OCH3 is 4. The number of benzene rings is 7. The van der Waals surface area contributed by atoms with Crippen LogP contribution in [0.15, 0.2) is 204 Å². The Morgan fingerprint density at radius 2 is 0.919 bits per heavy atom. The van der Waals surface area contributed by atoms with E-state index in [4.69, 9.17) is 53.8 Å². The van der Waals surface area contributed by atoms with E-state index in [-0.39, 0.29) is 5.75 Å². The van der Waals surface area contributed by atoms with Crippen LogP contribution >= 0.6 is 19.4 Å². The van der Waals surface area contributed by atoms with E-state index in [1.54, 1.807) is 28.4 Å². The number of aromatic amines is 1. The highest BCUT2D eigenvalue weighted by Gasteiger charge is 2.56. The third kappa shape index (κ3) is 10.6. The van der Waals surface area contributed by atoms with Crippen molar-refractivity contribution in [3.8, 4) is 28.7 Å². The molecule has 1 unspecified atom stereocenters. The zero-order valence-corrected chi connectivity index (χ0v) is 42.3. The molecular formula is C57H52ClN2O13P. The smallest absolute Gasteiger partial charge is 0.497 e. The van der Waals surface area contributed by atoms with Gasteiger partial charge >= 0.3 is 13.5 Å². The maximum absolute atomic E-state index is 14.3. The Morgan fingerprint density at radius 3 is 1.31 bits per heavy atom. The monoisotopic (exact) mass is 1040 g/mol. The summed E-state index contributed by atoms with van der Waals surface area (Å²) in [6, 6.07) is 55.5. The predicted octanol–water partition coefficient (Wildman–Crippen LogP) is 10.1. The number of hydrogen-bond donors (Lipinski definition) is 2. The van der Waals surface area contributed by atoms with Crippen molar-refractivity contribution in [1.82, 2.24) is 9.55 Å². The fourth-order valence-electron chi connectivity index (χ4n) is 9.25. The quantitative estimate of drug-likeness (QED) is 0.0546. The minimum absolute atomic E-state index is 0.00739. The number of nitrogens with one attached hydrogen (secondary N) is 1. The molecule has 1 aromatic heterocycles. The molecule has 17 heteroatoms. The van der Waals surface area contributed by atoms with Gasteiger partial charge in [0, 0.05) is 17.3 Å². The second-order valence-electron chi connectivity index (χ2n) is 17.1. The first-order valence-corrected chi connectivity index (χ1v) is 25.2. The topological polar surface area (TPSA) is 175 Å². The lowest BCUT2D eigenvalue weighted by Crippen LogP contribution is -2.50. The van der Waals surface area contributed by atoms with Crippen molar-refractivity contribution in [1.29, 1.82) is 0 Å². The van der Waals surface area contributed by atoms with Gasteiger partial charge in [-0.25, -0.2) is 9.36 Å². The predicted molar refractivity (Wildman–Crippen MR) is 277 cm³/mol. The van der Waals surface area contributed by atoms with Gasteiger partial charge in [-0.05, 0) is 106 Å². The van der Waals surface area contributed by atoms with Gasteiger partial charge in [-0.1, -0.05) is 121 Å². The molecular weight excluding hydrogens is 987 g/mol. The molecule has 2 N–H and O–H groups in total. The van der Waals surface area contributed by atoms with Crippen LogP contribution in [0.5, 0.6) is 28.7 Å². The van der Waals surface area contributed by atoms with E-state index in [2.05, 4.69) is 4.98 Å². The minimum Gasteiger partial charge on any atom is -0.497 e. The second kappa shape index (κ2) is 22.3. The average Bonchev–Trinajstić information content (AvgIpc) is 3.78. The molecule has 15 nitrogen and oxygen atoms in total. The van der Waals surface area contributed by atoms with E-state index >= 15 is 0 Å². The summed E-state index contributed by atoms with van der Waals surface area (Å²) in [7, 11) is 1.32. The fraction of sp³-hybridized carbons (Fsp3) is 0.193. The highest BCUT2D eigenvalue weighted by molar-refractivity contribution is 7.47. The number of nitrogens with zero attached hydrogens (tertiary/aromatic N) is 1. The van der Waals surface area contributed by atoms with E-state index in [0.29, 0.717) is 61.4 Å². The lowest BCUT2D eigenvalue weighted by molar-refractivity contribution is -0.156. The molecule has 1 aliphatic rings. The van der Waals surface area contributed by atoms with Crippen molar-refractivity contribution in [2.45, 2.75) is 35.7 Å². The van der Waals surface area contributed by atoms with Gasteiger partial charge in [-0.2, -0.15) is 0 Å². The molecule has 74 heavy (non-hydrogen) atoms. The van der Waals surface area contributed by atoms with Crippen LogP contribution in [0.3, 0.4) is 0 Å². The van der Waals surface area contributed by atoms with Crippen LogP contribution in [0, 0.1) is 0 Å². The van der Waals surface area contributed by atoms with Crippen molar-refractivity contribution in [3.63, 3.8) is 0 Å². The molecule has 0 saturated carbocycles. The van der Waals surface area contributed by atoms with Gasteiger partial charge in [-0.15, -0.1) is 0 Å². The molecule has 380 valence electrons. The molecule has 0 spiro atoms. The van der Waals surface area contributed by atoms with E-state index in [0.717, 1.165) is 0 Å². The summed E-state index contributed by atoms with van der Waals surface area (Å²) >= 11 is 6.12. The number of halogens is 1. The number of rotatable bonds is 20. The van der Waals surface area contributed by atoms with Crippen molar-refractivity contribution in [3.05, 3.63) is 253 Å². The van der Waals surface area contributed by atoms with Gasteiger partial charge in [-0.3, -0.25) is 23.8 Å². The summed E-state index contributed by atoms with van der Waals surface area (Å²) in [5.41, 5.74) is -0.887. The first-order valence-electron chi connectivity index (χ1n) is 23.3. The van der Waals surface area contributed by atoms with E-state index < -0.39 is 61.4 Å². The summed E-state index contributed by atoms with van der Waals surface area (Å²) in [5.74, 6) is 2.31. The molecule has 0 bridgehead atoms. The SMILES string of the molecule is COc1ccc(C(O[C@@H]2[C@H](OC(c3ccccc3)(c3ccc(OC)cc3)c3ccc(OC)cc3)[C@@H](COP(=O)(O)Oc3ccc(Cl)cc3)O[C@H]2n2ccc(=O)[nH]c2=O)(c2ccccc2)c2ccc(OC)cc2)cc1. The number of phosphoric ester groups is 1. The van der Waals surface area contributed by atoms with Gasteiger partial charge in [0.2, 0.25) is 0 Å². The summed E-state index contributed by atoms with van der Waals surface area (Å²) in [4.78, 5) is 40.8. The number of H-pyrrole nitrogens is 1. The number of aromatic nitrogens is 2. The van der Waals surface area contributed by atoms with E-state index in [9.17, 15) is 19.0 Å². The Morgan fingerprint density at radius 1 is 0.541 bits per heavy atom. The van der Waals surface area contributed by atoms with Gasteiger partial charge in [0.05, 0.1) is 35.0 Å². The zero-order valence-electron chi connectivity index (χ0n) is 40.6. The first-order chi connectivity index (χ1) is 35.9. The van der Waals surface area contributed by atoms with Crippen LogP contribution in [0.4, 0.5) is 0 Å². The molecule has 1 saturated heterocycles. The Bertz CT molecular complexity index is 3190. The largest absolute Gasteiger partial charge is 0.527 e. The Kier molecular flexibility index (Phi) is 15.5. The second-order valence-corrected chi connectivity index (χ2v) is 18.9. The maximum atomic E-state index is 14.3. The summed E-state index contributed by atoms with van der Waals surface area (Å²) < 4.78 is 72.0. The number of phosphoric acid groups is 1. The lowest BCUT2D eigenvalue weighted by atomic mass is 9.79. The highest BCUT2D eigenvalue weighted by Crippen LogP contribution is 2.52. The number of ether oxygens (including phenoxy) is 7. The van der Waals surface area contributed by atoms with Crippen LogP contribution in [0.25, 0.3) is 0 Å². The van der Waals surface area contributed by atoms with Crippen LogP contribution in [0.2, 0.25) is 5.02 Å². The van der Waals surface area contributed by atoms with Crippen molar-refractivity contribution < 1.29 is 51.7 Å². The summed E-state index contributed by atoms with van der Waals surface area (Å²) in [5, 5.41) is 0.381. The molecule has 1 aliphatic heterocycles.